The molecule has 2 aliphatic carbocycles. The lowest BCUT2D eigenvalue weighted by molar-refractivity contribution is -0.249. The van der Waals surface area contributed by atoms with Gasteiger partial charge in [0.1, 0.15) is 0 Å². The summed E-state index contributed by atoms with van der Waals surface area (Å²) in [5.74, 6) is -0.747. The van der Waals surface area contributed by atoms with Crippen molar-refractivity contribution in [1.29, 1.82) is 0 Å². The second-order valence-electron chi connectivity index (χ2n) is 11.9. The highest BCUT2D eigenvalue weighted by Gasteiger charge is 2.38. The molecular weight excluding hydrogens is 488 g/mol. The Morgan fingerprint density at radius 3 is 2.11 bits per heavy atom. The van der Waals surface area contributed by atoms with Gasteiger partial charge < -0.3 is 4.74 Å². The van der Waals surface area contributed by atoms with Gasteiger partial charge in [0.2, 0.25) is 0 Å². The predicted octanol–water partition coefficient (Wildman–Crippen LogP) is 10.4. The molecule has 4 rings (SSSR count). The van der Waals surface area contributed by atoms with Crippen LogP contribution in [0.3, 0.4) is 0 Å². The Hall–Kier alpha value is -1.88. The molecule has 0 aromatic heterocycles. The fourth-order valence-electron chi connectivity index (χ4n) is 6.47. The molecule has 0 atom stereocenters. The average molecular weight is 533 g/mol. The first kappa shape index (κ1) is 29.1. The maximum atomic E-state index is 15.0. The molecule has 1 nitrogen and oxygen atoms in total. The highest BCUT2D eigenvalue weighted by Crippen LogP contribution is 2.41. The van der Waals surface area contributed by atoms with Crippen LogP contribution in [0, 0.1) is 23.5 Å². The summed E-state index contributed by atoms with van der Waals surface area (Å²) < 4.78 is 64.2. The molecule has 0 bridgehead atoms. The van der Waals surface area contributed by atoms with Gasteiger partial charge in [-0.05, 0) is 91.4 Å². The molecule has 2 aromatic carbocycles. The van der Waals surface area contributed by atoms with Crippen LogP contribution >= 0.6 is 0 Å². The highest BCUT2D eigenvalue weighted by molar-refractivity contribution is 5.31. The Kier molecular flexibility index (Phi) is 10.3. The van der Waals surface area contributed by atoms with Crippen LogP contribution in [0.2, 0.25) is 0 Å². The summed E-state index contributed by atoms with van der Waals surface area (Å²) >= 11 is 0. The fourth-order valence-corrected chi connectivity index (χ4v) is 6.47. The number of hydrogen-bond donors (Lipinski definition) is 0. The van der Waals surface area contributed by atoms with Crippen LogP contribution < -0.4 is 0 Å². The molecule has 2 saturated carbocycles. The number of unbranched alkanes of at least 4 members (excludes halogenated alkanes) is 2. The van der Waals surface area contributed by atoms with E-state index >= 15 is 0 Å². The molecule has 2 aliphatic rings. The van der Waals surface area contributed by atoms with Gasteiger partial charge in [-0.15, -0.1) is 0 Å². The van der Waals surface area contributed by atoms with Gasteiger partial charge in [0.05, 0.1) is 12.2 Å². The lowest BCUT2D eigenvalue weighted by Gasteiger charge is -2.29. The van der Waals surface area contributed by atoms with Gasteiger partial charge in [-0.3, -0.25) is 0 Å². The van der Waals surface area contributed by atoms with Crippen LogP contribution in [0.1, 0.15) is 125 Å². The Labute approximate surface area is 226 Å². The number of halogens is 4. The fraction of sp³-hybridized carbons (Fsp3) is 0.636. The molecule has 38 heavy (non-hydrogen) atoms. The summed E-state index contributed by atoms with van der Waals surface area (Å²) in [6, 6.07) is 10.4. The van der Waals surface area contributed by atoms with Crippen molar-refractivity contribution in [3.63, 3.8) is 0 Å². The molecule has 2 fully saturated rings. The molecule has 210 valence electrons. The molecule has 0 saturated heterocycles. The van der Waals surface area contributed by atoms with E-state index in [-0.39, 0.29) is 24.5 Å². The van der Waals surface area contributed by atoms with Crippen molar-refractivity contribution in [2.24, 2.45) is 11.8 Å². The third-order valence-electron chi connectivity index (χ3n) is 9.07. The number of ether oxygens (including phenoxy) is 1. The van der Waals surface area contributed by atoms with Gasteiger partial charge in [-0.25, -0.2) is 8.78 Å². The summed E-state index contributed by atoms with van der Waals surface area (Å²) in [6.07, 6.45) is 9.59. The zero-order valence-electron chi connectivity index (χ0n) is 23.1. The Balaban J connectivity index is 1.30. The molecular formula is C33H44F4O. The molecule has 0 heterocycles. The van der Waals surface area contributed by atoms with E-state index in [1.54, 1.807) is 0 Å². The molecule has 0 N–H and O–H groups in total. The largest absolute Gasteiger partial charge is 0.386 e. The SMILES string of the molecule is CCCCC[C@H]1CC[C@H](c2ccc(C(F)(F)OCCc3ccc([C@H]4CC[C@H](C)CC4)cc3)c(F)c2F)CC1. The standard InChI is InChI=1S/C33H44F4O/c1-3-4-5-6-24-11-17-28(18-12-24)29-19-20-30(32(35)31(29)34)33(36,37)38-22-21-25-9-15-27(16-10-25)26-13-7-23(2)8-14-26/h9-10,15-16,19-20,23-24,26,28H,3-8,11-14,17-18,21-22H2,1-2H3/t23-,24-,26-,28-. The van der Waals surface area contributed by atoms with Crippen molar-refractivity contribution >= 4 is 0 Å². The van der Waals surface area contributed by atoms with Crippen LogP contribution in [-0.4, -0.2) is 6.61 Å². The topological polar surface area (TPSA) is 9.23 Å². The third kappa shape index (κ3) is 7.40. The quantitative estimate of drug-likeness (QED) is 0.207. The third-order valence-corrected chi connectivity index (χ3v) is 9.07. The van der Waals surface area contributed by atoms with Crippen molar-refractivity contribution < 1.29 is 22.3 Å². The van der Waals surface area contributed by atoms with Crippen molar-refractivity contribution in [3.05, 3.63) is 70.3 Å². The number of alkyl halides is 2. The summed E-state index contributed by atoms with van der Waals surface area (Å²) in [4.78, 5) is 0. The summed E-state index contributed by atoms with van der Waals surface area (Å²) in [7, 11) is 0. The predicted molar refractivity (Wildman–Crippen MR) is 146 cm³/mol. The molecule has 0 unspecified atom stereocenters. The first-order chi connectivity index (χ1) is 18.3. The van der Waals surface area contributed by atoms with Gasteiger partial charge in [0, 0.05) is 0 Å². The number of rotatable bonds is 11. The minimum absolute atomic E-state index is 0.115. The van der Waals surface area contributed by atoms with E-state index in [1.165, 1.54) is 63.0 Å². The van der Waals surface area contributed by atoms with Crippen molar-refractivity contribution in [3.8, 4) is 0 Å². The van der Waals surface area contributed by atoms with Gasteiger partial charge >= 0.3 is 6.11 Å². The zero-order chi connectivity index (χ0) is 27.1. The second kappa shape index (κ2) is 13.5. The molecule has 0 radical (unpaired) electrons. The summed E-state index contributed by atoms with van der Waals surface area (Å²) in [5.41, 5.74) is 1.39. The zero-order valence-corrected chi connectivity index (χ0v) is 23.1. The number of hydrogen-bond acceptors (Lipinski definition) is 1. The molecule has 0 aliphatic heterocycles. The van der Waals surface area contributed by atoms with Crippen molar-refractivity contribution in [2.45, 2.75) is 115 Å². The lowest BCUT2D eigenvalue weighted by atomic mass is 9.76. The summed E-state index contributed by atoms with van der Waals surface area (Å²) in [5, 5.41) is 0. The minimum Gasteiger partial charge on any atom is -0.316 e. The lowest BCUT2D eigenvalue weighted by Crippen LogP contribution is -2.23. The van der Waals surface area contributed by atoms with Gasteiger partial charge in [-0.2, -0.15) is 8.78 Å². The van der Waals surface area contributed by atoms with Crippen LogP contribution in [-0.2, 0) is 17.3 Å². The van der Waals surface area contributed by atoms with Crippen LogP contribution in [0.15, 0.2) is 36.4 Å². The highest BCUT2D eigenvalue weighted by atomic mass is 19.3. The van der Waals surface area contributed by atoms with Crippen LogP contribution in [0.25, 0.3) is 0 Å². The van der Waals surface area contributed by atoms with E-state index in [0.717, 1.165) is 43.2 Å². The van der Waals surface area contributed by atoms with Crippen molar-refractivity contribution in [1.82, 2.24) is 0 Å². The number of benzene rings is 2. The van der Waals surface area contributed by atoms with Crippen molar-refractivity contribution in [2.75, 3.05) is 6.61 Å². The van der Waals surface area contributed by atoms with Crippen LogP contribution in [0.4, 0.5) is 17.6 Å². The van der Waals surface area contributed by atoms with Gasteiger partial charge in [0.25, 0.3) is 0 Å². The second-order valence-corrected chi connectivity index (χ2v) is 11.9. The summed E-state index contributed by atoms with van der Waals surface area (Å²) in [6.45, 7) is 4.20. The minimum atomic E-state index is -3.89. The smallest absolute Gasteiger partial charge is 0.316 e. The Bertz CT molecular complexity index is 1000. The Morgan fingerprint density at radius 1 is 0.789 bits per heavy atom. The van der Waals surface area contributed by atoms with Crippen LogP contribution in [0.5, 0.6) is 0 Å². The monoisotopic (exact) mass is 532 g/mol. The maximum Gasteiger partial charge on any atom is 0.386 e. The average Bonchev–Trinajstić information content (AvgIpc) is 2.91. The molecule has 2 aromatic rings. The van der Waals surface area contributed by atoms with E-state index in [9.17, 15) is 17.6 Å². The normalized spacial score (nSPS) is 24.5. The van der Waals surface area contributed by atoms with E-state index in [4.69, 9.17) is 4.74 Å². The Morgan fingerprint density at radius 2 is 1.45 bits per heavy atom. The maximum absolute atomic E-state index is 15.0. The van der Waals surface area contributed by atoms with E-state index in [1.807, 2.05) is 12.1 Å². The van der Waals surface area contributed by atoms with E-state index in [2.05, 4.69) is 26.0 Å². The molecule has 5 heteroatoms. The molecule has 0 amide bonds. The van der Waals surface area contributed by atoms with E-state index < -0.39 is 23.3 Å². The van der Waals surface area contributed by atoms with Gasteiger partial charge in [0.15, 0.2) is 11.6 Å². The van der Waals surface area contributed by atoms with Gasteiger partial charge in [-0.1, -0.05) is 82.7 Å². The first-order valence-corrected chi connectivity index (χ1v) is 14.9. The molecule has 0 spiro atoms. The first-order valence-electron chi connectivity index (χ1n) is 14.9. The van der Waals surface area contributed by atoms with E-state index in [0.29, 0.717) is 11.8 Å².